The van der Waals surface area contributed by atoms with E-state index in [4.69, 9.17) is 0 Å². The molecule has 2 amide bonds. The van der Waals surface area contributed by atoms with Crippen molar-refractivity contribution in [3.63, 3.8) is 0 Å². The van der Waals surface area contributed by atoms with Crippen LogP contribution < -0.4 is 0 Å². The highest BCUT2D eigenvalue weighted by molar-refractivity contribution is 5.89. The molecule has 0 aliphatic carbocycles. The van der Waals surface area contributed by atoms with Gasteiger partial charge in [0.1, 0.15) is 5.82 Å². The van der Waals surface area contributed by atoms with Crippen molar-refractivity contribution < 1.29 is 14.0 Å². The Bertz CT molecular complexity index is 795. The third-order valence-corrected chi connectivity index (χ3v) is 5.02. The van der Waals surface area contributed by atoms with E-state index in [0.717, 1.165) is 24.1 Å². The molecule has 0 saturated carbocycles. The van der Waals surface area contributed by atoms with E-state index in [1.54, 1.807) is 28.1 Å². The fraction of sp³-hybridized carbons (Fsp3) is 0.409. The molecule has 1 fully saturated rings. The van der Waals surface area contributed by atoms with Gasteiger partial charge < -0.3 is 9.80 Å². The van der Waals surface area contributed by atoms with Crippen molar-refractivity contribution in [1.29, 1.82) is 0 Å². The number of pyridine rings is 1. The molecule has 2 heterocycles. The zero-order chi connectivity index (χ0) is 19.9. The van der Waals surface area contributed by atoms with Crippen molar-refractivity contribution in [3.05, 3.63) is 65.7 Å². The largest absolute Gasteiger partial charge is 0.338 e. The Labute approximate surface area is 165 Å². The number of halogens is 1. The lowest BCUT2D eigenvalue weighted by atomic mass is 10.1. The van der Waals surface area contributed by atoms with E-state index in [-0.39, 0.29) is 30.0 Å². The first kappa shape index (κ1) is 20.0. The summed E-state index contributed by atoms with van der Waals surface area (Å²) in [6.07, 6.45) is 3.80. The van der Waals surface area contributed by atoms with E-state index < -0.39 is 0 Å². The fourth-order valence-electron chi connectivity index (χ4n) is 3.46. The van der Waals surface area contributed by atoms with E-state index in [9.17, 15) is 14.0 Å². The van der Waals surface area contributed by atoms with Gasteiger partial charge in [-0.3, -0.25) is 14.6 Å². The predicted octanol–water partition coefficient (Wildman–Crippen LogP) is 3.40. The SMILES string of the molecule is CCCCN(Cc1ccc(F)cc1)C(=O)C1CC(=O)N(Cc2ccccn2)C1. The van der Waals surface area contributed by atoms with Crippen LogP contribution in [0, 0.1) is 11.7 Å². The molecule has 1 aromatic heterocycles. The quantitative estimate of drug-likeness (QED) is 0.702. The molecule has 1 unspecified atom stereocenters. The van der Waals surface area contributed by atoms with Crippen LogP contribution in [-0.4, -0.2) is 39.7 Å². The Morgan fingerprint density at radius 1 is 1.25 bits per heavy atom. The number of hydrogen-bond acceptors (Lipinski definition) is 3. The van der Waals surface area contributed by atoms with Gasteiger partial charge in [0.05, 0.1) is 18.2 Å². The molecule has 3 rings (SSSR count). The summed E-state index contributed by atoms with van der Waals surface area (Å²) in [4.78, 5) is 33.3. The molecule has 0 spiro atoms. The number of carbonyl (C=O) groups excluding carboxylic acids is 2. The Morgan fingerprint density at radius 2 is 2.04 bits per heavy atom. The zero-order valence-electron chi connectivity index (χ0n) is 16.2. The van der Waals surface area contributed by atoms with E-state index in [0.29, 0.717) is 26.2 Å². The Balaban J connectivity index is 1.66. The summed E-state index contributed by atoms with van der Waals surface area (Å²) in [5.41, 5.74) is 1.71. The Morgan fingerprint density at radius 3 is 2.71 bits per heavy atom. The summed E-state index contributed by atoms with van der Waals surface area (Å²) in [6, 6.07) is 11.8. The summed E-state index contributed by atoms with van der Waals surface area (Å²) >= 11 is 0. The summed E-state index contributed by atoms with van der Waals surface area (Å²) in [7, 11) is 0. The lowest BCUT2D eigenvalue weighted by Gasteiger charge is -2.26. The molecule has 1 saturated heterocycles. The lowest BCUT2D eigenvalue weighted by molar-refractivity contribution is -0.136. The minimum atomic E-state index is -0.339. The third kappa shape index (κ3) is 5.15. The minimum Gasteiger partial charge on any atom is -0.338 e. The van der Waals surface area contributed by atoms with Gasteiger partial charge in [0.2, 0.25) is 11.8 Å². The highest BCUT2D eigenvalue weighted by atomic mass is 19.1. The highest BCUT2D eigenvalue weighted by Crippen LogP contribution is 2.23. The number of hydrogen-bond donors (Lipinski definition) is 0. The first-order valence-corrected chi connectivity index (χ1v) is 9.77. The van der Waals surface area contributed by atoms with Crippen LogP contribution in [0.25, 0.3) is 0 Å². The average Bonchev–Trinajstić information content (AvgIpc) is 3.07. The van der Waals surface area contributed by atoms with Crippen LogP contribution in [0.15, 0.2) is 48.7 Å². The molecular formula is C22H26FN3O2. The molecular weight excluding hydrogens is 357 g/mol. The number of nitrogens with zero attached hydrogens (tertiary/aromatic N) is 3. The molecule has 0 radical (unpaired) electrons. The summed E-state index contributed by atoms with van der Waals surface area (Å²) in [5, 5.41) is 0. The normalized spacial score (nSPS) is 16.4. The number of benzene rings is 1. The van der Waals surface area contributed by atoms with Gasteiger partial charge in [0, 0.05) is 32.3 Å². The van der Waals surface area contributed by atoms with Gasteiger partial charge in [-0.1, -0.05) is 31.5 Å². The molecule has 1 aromatic carbocycles. The van der Waals surface area contributed by atoms with Crippen molar-refractivity contribution in [2.24, 2.45) is 5.92 Å². The van der Waals surface area contributed by atoms with Gasteiger partial charge in [-0.15, -0.1) is 0 Å². The van der Waals surface area contributed by atoms with Crippen molar-refractivity contribution in [3.8, 4) is 0 Å². The van der Waals surface area contributed by atoms with Crippen LogP contribution in [0.1, 0.15) is 37.4 Å². The molecule has 1 aliphatic rings. The summed E-state index contributed by atoms with van der Waals surface area (Å²) < 4.78 is 13.2. The van der Waals surface area contributed by atoms with Crippen LogP contribution in [0.5, 0.6) is 0 Å². The third-order valence-electron chi connectivity index (χ3n) is 5.02. The number of carbonyl (C=O) groups is 2. The first-order chi connectivity index (χ1) is 13.6. The predicted molar refractivity (Wildman–Crippen MR) is 104 cm³/mol. The van der Waals surface area contributed by atoms with Crippen LogP contribution >= 0.6 is 0 Å². The highest BCUT2D eigenvalue weighted by Gasteiger charge is 2.36. The van der Waals surface area contributed by atoms with Crippen molar-refractivity contribution in [2.75, 3.05) is 13.1 Å². The molecule has 0 bridgehead atoms. The molecule has 1 atom stereocenters. The summed E-state index contributed by atoms with van der Waals surface area (Å²) in [5.74, 6) is -0.647. The maximum absolute atomic E-state index is 13.2. The topological polar surface area (TPSA) is 53.5 Å². The second-order valence-electron chi connectivity index (χ2n) is 7.24. The van der Waals surface area contributed by atoms with Crippen LogP contribution in [0.4, 0.5) is 4.39 Å². The Kier molecular flexibility index (Phi) is 6.74. The number of amides is 2. The van der Waals surface area contributed by atoms with E-state index in [1.807, 2.05) is 18.2 Å². The number of aromatic nitrogens is 1. The van der Waals surface area contributed by atoms with Gasteiger partial charge >= 0.3 is 0 Å². The van der Waals surface area contributed by atoms with E-state index in [2.05, 4.69) is 11.9 Å². The van der Waals surface area contributed by atoms with Gasteiger partial charge in [0.15, 0.2) is 0 Å². The zero-order valence-corrected chi connectivity index (χ0v) is 16.2. The fourth-order valence-corrected chi connectivity index (χ4v) is 3.46. The maximum atomic E-state index is 13.2. The second-order valence-corrected chi connectivity index (χ2v) is 7.24. The molecule has 1 aliphatic heterocycles. The summed E-state index contributed by atoms with van der Waals surface area (Å²) in [6.45, 7) is 3.99. The smallest absolute Gasteiger partial charge is 0.228 e. The molecule has 2 aromatic rings. The maximum Gasteiger partial charge on any atom is 0.228 e. The van der Waals surface area contributed by atoms with E-state index in [1.165, 1.54) is 12.1 Å². The number of rotatable bonds is 8. The standard InChI is InChI=1S/C22H26FN3O2/c1-2-3-12-25(14-17-7-9-19(23)10-8-17)22(28)18-13-21(27)26(15-18)16-20-6-4-5-11-24-20/h4-11,18H,2-3,12-16H2,1H3. The number of unbranched alkanes of at least 4 members (excludes halogenated alkanes) is 1. The average molecular weight is 383 g/mol. The molecule has 148 valence electrons. The Hall–Kier alpha value is -2.76. The molecule has 5 nitrogen and oxygen atoms in total. The number of likely N-dealkylation sites (tertiary alicyclic amines) is 1. The van der Waals surface area contributed by atoms with Gasteiger partial charge in [-0.05, 0) is 36.2 Å². The van der Waals surface area contributed by atoms with Crippen molar-refractivity contribution >= 4 is 11.8 Å². The van der Waals surface area contributed by atoms with Gasteiger partial charge in [-0.25, -0.2) is 4.39 Å². The van der Waals surface area contributed by atoms with Crippen LogP contribution in [0.2, 0.25) is 0 Å². The van der Waals surface area contributed by atoms with Gasteiger partial charge in [-0.2, -0.15) is 0 Å². The molecule has 0 N–H and O–H groups in total. The van der Waals surface area contributed by atoms with Crippen LogP contribution in [-0.2, 0) is 22.7 Å². The molecule has 6 heteroatoms. The first-order valence-electron chi connectivity index (χ1n) is 9.77. The monoisotopic (exact) mass is 383 g/mol. The van der Waals surface area contributed by atoms with Gasteiger partial charge in [0.25, 0.3) is 0 Å². The van der Waals surface area contributed by atoms with Crippen molar-refractivity contribution in [1.82, 2.24) is 14.8 Å². The van der Waals surface area contributed by atoms with Crippen LogP contribution in [0.3, 0.4) is 0 Å². The van der Waals surface area contributed by atoms with E-state index >= 15 is 0 Å². The minimum absolute atomic E-state index is 0.00496. The van der Waals surface area contributed by atoms with Crippen molar-refractivity contribution in [2.45, 2.75) is 39.3 Å². The second kappa shape index (κ2) is 9.44. The lowest BCUT2D eigenvalue weighted by Crippen LogP contribution is -2.37. The molecule has 28 heavy (non-hydrogen) atoms.